The van der Waals surface area contributed by atoms with Gasteiger partial charge in [-0.25, -0.2) is 4.39 Å². The fraction of sp³-hybridized carbons (Fsp3) is 0.250. The molecule has 1 atom stereocenters. The number of nitrogens with two attached hydrogens (primary N) is 1. The van der Waals surface area contributed by atoms with Crippen LogP contribution >= 0.6 is 11.8 Å². The summed E-state index contributed by atoms with van der Waals surface area (Å²) in [6.07, 6.45) is -0.993. The van der Waals surface area contributed by atoms with E-state index in [0.717, 1.165) is 16.3 Å². The molecule has 0 heterocycles. The summed E-state index contributed by atoms with van der Waals surface area (Å²) in [7, 11) is 1.92. The third kappa shape index (κ3) is 3.52. The molecule has 2 aromatic rings. The number of nitrogen functional groups attached to an aromatic ring is 1. The number of benzene rings is 2. The van der Waals surface area contributed by atoms with Crippen LogP contribution in [-0.4, -0.2) is 7.05 Å². The van der Waals surface area contributed by atoms with E-state index in [1.54, 1.807) is 23.9 Å². The largest absolute Gasteiger partial charge is 0.398 e. The molecule has 3 N–H and O–H groups in total. The monoisotopic (exact) mass is 290 g/mol. The highest BCUT2D eigenvalue weighted by molar-refractivity contribution is 7.99. The molecular weight excluding hydrogens is 271 g/mol. The maximum Gasteiger partial charge on any atom is 0.122 e. The number of halogens is 1. The second-order valence-corrected chi connectivity index (χ2v) is 5.74. The van der Waals surface area contributed by atoms with Crippen LogP contribution in [0.15, 0.2) is 52.3 Å². The SMILES string of the molecule is CNCc1ccccc1Sc1ccc(C(C)F)cc1N. The van der Waals surface area contributed by atoms with Crippen LogP contribution in [0.3, 0.4) is 0 Å². The van der Waals surface area contributed by atoms with Crippen molar-refractivity contribution in [2.75, 3.05) is 12.8 Å². The van der Waals surface area contributed by atoms with Gasteiger partial charge in [0.15, 0.2) is 0 Å². The van der Waals surface area contributed by atoms with Crippen molar-refractivity contribution in [3.63, 3.8) is 0 Å². The van der Waals surface area contributed by atoms with Crippen molar-refractivity contribution < 1.29 is 4.39 Å². The summed E-state index contributed by atoms with van der Waals surface area (Å²) < 4.78 is 13.3. The van der Waals surface area contributed by atoms with E-state index in [1.165, 1.54) is 12.5 Å². The van der Waals surface area contributed by atoms with Gasteiger partial charge in [-0.2, -0.15) is 0 Å². The van der Waals surface area contributed by atoms with Gasteiger partial charge < -0.3 is 11.1 Å². The molecule has 0 aliphatic heterocycles. The van der Waals surface area contributed by atoms with E-state index in [-0.39, 0.29) is 0 Å². The minimum atomic E-state index is -0.993. The van der Waals surface area contributed by atoms with E-state index < -0.39 is 6.17 Å². The summed E-state index contributed by atoms with van der Waals surface area (Å²) in [4.78, 5) is 2.12. The van der Waals surface area contributed by atoms with Crippen LogP contribution in [0.5, 0.6) is 0 Å². The molecule has 0 saturated heterocycles. The normalized spacial score (nSPS) is 12.3. The fourth-order valence-corrected chi connectivity index (χ4v) is 2.93. The molecule has 4 heteroatoms. The average molecular weight is 290 g/mol. The smallest absolute Gasteiger partial charge is 0.122 e. The minimum Gasteiger partial charge on any atom is -0.398 e. The Morgan fingerprint density at radius 2 is 1.95 bits per heavy atom. The van der Waals surface area contributed by atoms with Crippen molar-refractivity contribution >= 4 is 17.4 Å². The van der Waals surface area contributed by atoms with Crippen molar-refractivity contribution in [1.82, 2.24) is 5.32 Å². The summed E-state index contributed by atoms with van der Waals surface area (Å²) in [5.74, 6) is 0. The Morgan fingerprint density at radius 1 is 1.20 bits per heavy atom. The fourth-order valence-electron chi connectivity index (χ4n) is 1.97. The summed E-state index contributed by atoms with van der Waals surface area (Å²) in [6, 6.07) is 13.6. The van der Waals surface area contributed by atoms with Gasteiger partial charge in [-0.15, -0.1) is 0 Å². The second kappa shape index (κ2) is 6.77. The Morgan fingerprint density at radius 3 is 2.60 bits per heavy atom. The molecule has 0 bridgehead atoms. The summed E-state index contributed by atoms with van der Waals surface area (Å²) >= 11 is 1.61. The molecule has 2 nitrogen and oxygen atoms in total. The first-order chi connectivity index (χ1) is 9.61. The molecule has 0 aliphatic rings. The lowest BCUT2D eigenvalue weighted by Gasteiger charge is -2.12. The van der Waals surface area contributed by atoms with Crippen molar-refractivity contribution in [2.24, 2.45) is 0 Å². The maximum absolute atomic E-state index is 13.3. The first kappa shape index (κ1) is 14.9. The lowest BCUT2D eigenvalue weighted by molar-refractivity contribution is 0.374. The zero-order chi connectivity index (χ0) is 14.5. The minimum absolute atomic E-state index is 0.621. The molecule has 0 aromatic heterocycles. The number of alkyl halides is 1. The van der Waals surface area contributed by atoms with Crippen LogP contribution in [0.25, 0.3) is 0 Å². The standard InChI is InChI=1S/C16H19FN2S/c1-11(17)12-7-8-16(14(18)9-12)20-15-6-4-3-5-13(15)10-19-2/h3-9,11,19H,10,18H2,1-2H3. The first-order valence-electron chi connectivity index (χ1n) is 6.55. The molecule has 20 heavy (non-hydrogen) atoms. The number of nitrogens with one attached hydrogen (secondary N) is 1. The lowest BCUT2D eigenvalue weighted by atomic mass is 10.1. The number of anilines is 1. The second-order valence-electron chi connectivity index (χ2n) is 4.65. The molecule has 2 aromatic carbocycles. The Hall–Kier alpha value is -1.52. The highest BCUT2D eigenvalue weighted by atomic mass is 32.2. The molecule has 0 spiro atoms. The van der Waals surface area contributed by atoms with Gasteiger partial charge in [0, 0.05) is 22.0 Å². The van der Waals surface area contributed by atoms with Crippen LogP contribution in [0.1, 0.15) is 24.2 Å². The maximum atomic E-state index is 13.3. The van der Waals surface area contributed by atoms with Gasteiger partial charge >= 0.3 is 0 Å². The zero-order valence-corrected chi connectivity index (χ0v) is 12.5. The van der Waals surface area contributed by atoms with E-state index in [9.17, 15) is 4.39 Å². The molecule has 106 valence electrons. The summed E-state index contributed by atoms with van der Waals surface area (Å²) in [6.45, 7) is 2.33. The Kier molecular flexibility index (Phi) is 5.04. The van der Waals surface area contributed by atoms with Crippen LogP contribution in [0.2, 0.25) is 0 Å². The lowest BCUT2D eigenvalue weighted by Crippen LogP contribution is -2.05. The van der Waals surface area contributed by atoms with Crippen molar-refractivity contribution in [2.45, 2.75) is 29.4 Å². The van der Waals surface area contributed by atoms with E-state index in [2.05, 4.69) is 17.4 Å². The third-order valence-electron chi connectivity index (χ3n) is 3.05. The van der Waals surface area contributed by atoms with Gasteiger partial charge in [0.25, 0.3) is 0 Å². The van der Waals surface area contributed by atoms with E-state index >= 15 is 0 Å². The average Bonchev–Trinajstić information content (AvgIpc) is 2.43. The predicted molar refractivity (Wildman–Crippen MR) is 83.7 cm³/mol. The quantitative estimate of drug-likeness (QED) is 0.812. The molecule has 0 saturated carbocycles. The van der Waals surface area contributed by atoms with Crippen molar-refractivity contribution in [3.05, 3.63) is 53.6 Å². The van der Waals surface area contributed by atoms with Gasteiger partial charge in [-0.05, 0) is 43.3 Å². The molecular formula is C16H19FN2S. The summed E-state index contributed by atoms with van der Waals surface area (Å²) in [5.41, 5.74) is 8.49. The summed E-state index contributed by atoms with van der Waals surface area (Å²) in [5, 5.41) is 3.15. The van der Waals surface area contributed by atoms with E-state index in [1.807, 2.05) is 25.2 Å². The van der Waals surface area contributed by atoms with Crippen LogP contribution < -0.4 is 11.1 Å². The number of hydrogen-bond donors (Lipinski definition) is 2. The van der Waals surface area contributed by atoms with Crippen molar-refractivity contribution in [3.8, 4) is 0 Å². The van der Waals surface area contributed by atoms with Gasteiger partial charge in [0.1, 0.15) is 6.17 Å². The molecule has 0 amide bonds. The highest BCUT2D eigenvalue weighted by Gasteiger charge is 2.09. The molecule has 1 unspecified atom stereocenters. The number of hydrogen-bond acceptors (Lipinski definition) is 3. The van der Waals surface area contributed by atoms with Gasteiger partial charge in [-0.1, -0.05) is 36.0 Å². The van der Waals surface area contributed by atoms with E-state index in [0.29, 0.717) is 11.3 Å². The third-order valence-corrected chi connectivity index (χ3v) is 4.26. The van der Waals surface area contributed by atoms with Crippen LogP contribution in [-0.2, 0) is 6.54 Å². The predicted octanol–water partition coefficient (Wildman–Crippen LogP) is 4.17. The van der Waals surface area contributed by atoms with Gasteiger partial charge in [0.2, 0.25) is 0 Å². The van der Waals surface area contributed by atoms with Crippen molar-refractivity contribution in [1.29, 1.82) is 0 Å². The molecule has 2 rings (SSSR count). The Balaban J connectivity index is 2.26. The first-order valence-corrected chi connectivity index (χ1v) is 7.37. The molecule has 0 aliphatic carbocycles. The molecule has 0 radical (unpaired) electrons. The zero-order valence-electron chi connectivity index (χ0n) is 11.7. The van der Waals surface area contributed by atoms with Gasteiger partial charge in [0.05, 0.1) is 0 Å². The van der Waals surface area contributed by atoms with Crippen LogP contribution in [0.4, 0.5) is 10.1 Å². The van der Waals surface area contributed by atoms with E-state index in [4.69, 9.17) is 5.73 Å². The van der Waals surface area contributed by atoms with Gasteiger partial charge in [-0.3, -0.25) is 0 Å². The topological polar surface area (TPSA) is 38.0 Å². The Labute approximate surface area is 123 Å². The highest BCUT2D eigenvalue weighted by Crippen LogP contribution is 2.35. The van der Waals surface area contributed by atoms with Crippen LogP contribution in [0, 0.1) is 0 Å². The Bertz CT molecular complexity index is 584. The molecule has 0 fully saturated rings. The number of rotatable bonds is 5.